The Hall–Kier alpha value is -3.61. The maximum atomic E-state index is 14.5. The van der Waals surface area contributed by atoms with Crippen molar-refractivity contribution in [2.45, 2.75) is 36.8 Å². The number of nitrogens with zero attached hydrogens (tertiary/aromatic N) is 3. The molecule has 13 heteroatoms. The second-order valence-electron chi connectivity index (χ2n) is 8.08. The first-order valence-electron chi connectivity index (χ1n) is 10.3. The van der Waals surface area contributed by atoms with Gasteiger partial charge in [-0.25, -0.2) is 14.0 Å². The van der Waals surface area contributed by atoms with Crippen molar-refractivity contribution in [2.24, 2.45) is 0 Å². The number of halogens is 4. The molecule has 1 unspecified atom stereocenters. The van der Waals surface area contributed by atoms with E-state index in [1.807, 2.05) is 0 Å². The number of benzene rings is 1. The van der Waals surface area contributed by atoms with Gasteiger partial charge in [-0.3, -0.25) is 4.79 Å². The number of rotatable bonds is 6. The predicted octanol–water partition coefficient (Wildman–Crippen LogP) is 5.30. The third kappa shape index (κ3) is 5.39. The van der Waals surface area contributed by atoms with E-state index < -0.39 is 56.2 Å². The Balaban J connectivity index is 1.73. The molecule has 4 rings (SSSR count). The summed E-state index contributed by atoms with van der Waals surface area (Å²) in [5.41, 5.74) is -2.00. The van der Waals surface area contributed by atoms with Crippen LogP contribution in [0.1, 0.15) is 46.1 Å². The van der Waals surface area contributed by atoms with Crippen LogP contribution < -0.4 is 10.1 Å². The zero-order valence-corrected chi connectivity index (χ0v) is 19.3. The van der Waals surface area contributed by atoms with Crippen molar-refractivity contribution in [2.75, 3.05) is 11.6 Å². The van der Waals surface area contributed by atoms with E-state index in [9.17, 15) is 26.6 Å². The van der Waals surface area contributed by atoms with Crippen LogP contribution in [0.3, 0.4) is 0 Å². The lowest BCUT2D eigenvalue weighted by Crippen LogP contribution is -2.21. The first kappa shape index (κ1) is 24.5. The molecule has 3 aromatic rings. The van der Waals surface area contributed by atoms with E-state index in [0.29, 0.717) is 5.69 Å². The topological polar surface area (TPSA) is 118 Å². The van der Waals surface area contributed by atoms with Gasteiger partial charge < -0.3 is 10.1 Å². The minimum atomic E-state index is -4.91. The molecule has 0 saturated heterocycles. The van der Waals surface area contributed by atoms with Crippen LogP contribution in [-0.2, 0) is 15.9 Å². The summed E-state index contributed by atoms with van der Waals surface area (Å²) in [6.07, 6.45) is -1.96. The van der Waals surface area contributed by atoms with E-state index in [-0.39, 0.29) is 16.5 Å². The largest absolute Gasteiger partial charge is 0.435 e. The Labute approximate surface area is 197 Å². The first-order chi connectivity index (χ1) is 16.3. The molecule has 0 radical (unpaired) electrons. The van der Waals surface area contributed by atoms with Crippen LogP contribution in [0.4, 0.5) is 23.2 Å². The molecule has 35 heavy (non-hydrogen) atoms. The molecule has 1 atom stereocenters. The number of amides is 1. The number of carbonyl (C=O) groups is 1. The maximum absolute atomic E-state index is 14.5. The molecule has 184 valence electrons. The number of alkyl halides is 3. The lowest BCUT2D eigenvalue weighted by molar-refractivity contribution is -0.142. The fourth-order valence-electron chi connectivity index (χ4n) is 3.34. The number of nitrogens with one attached hydrogen (secondary N) is 2. The van der Waals surface area contributed by atoms with Crippen molar-refractivity contribution in [3.05, 3.63) is 64.9 Å². The fraction of sp³-hybridized carbons (Fsp3) is 0.273. The van der Waals surface area contributed by atoms with Crippen molar-refractivity contribution >= 4 is 21.3 Å². The van der Waals surface area contributed by atoms with Crippen LogP contribution >= 0.6 is 0 Å². The van der Waals surface area contributed by atoms with Crippen LogP contribution in [0, 0.1) is 17.7 Å². The van der Waals surface area contributed by atoms with E-state index >= 15 is 0 Å². The summed E-state index contributed by atoms with van der Waals surface area (Å²) in [7, 11) is -3.11. The van der Waals surface area contributed by atoms with Gasteiger partial charge in [-0.2, -0.15) is 17.6 Å². The molecular formula is C22H19F4N5O3S. The number of carbonyl (C=O) groups excluding carboxylic acids is 1. The molecule has 1 amide bonds. The third-order valence-electron chi connectivity index (χ3n) is 5.26. The molecule has 1 aliphatic carbocycles. The van der Waals surface area contributed by atoms with Crippen LogP contribution in [0.15, 0.2) is 41.3 Å². The van der Waals surface area contributed by atoms with E-state index in [1.54, 1.807) is 0 Å². The summed E-state index contributed by atoms with van der Waals surface area (Å²) in [5, 5.41) is 8.94. The summed E-state index contributed by atoms with van der Waals surface area (Å²) in [4.78, 5) is 17.0. The monoisotopic (exact) mass is 509 g/mol. The number of hydrogen-bond acceptors (Lipinski definition) is 7. The Bertz CT molecular complexity index is 1420. The second kappa shape index (κ2) is 8.87. The molecule has 2 heterocycles. The zero-order valence-electron chi connectivity index (χ0n) is 18.4. The van der Waals surface area contributed by atoms with Crippen molar-refractivity contribution in [1.29, 1.82) is 4.78 Å². The molecule has 1 aromatic carbocycles. The van der Waals surface area contributed by atoms with Gasteiger partial charge in [-0.1, -0.05) is 6.07 Å². The van der Waals surface area contributed by atoms with Crippen LogP contribution in [0.5, 0.6) is 11.6 Å². The summed E-state index contributed by atoms with van der Waals surface area (Å²) >= 11 is 0. The highest BCUT2D eigenvalue weighted by Crippen LogP contribution is 2.40. The van der Waals surface area contributed by atoms with Gasteiger partial charge >= 0.3 is 6.18 Å². The molecule has 2 N–H and O–H groups in total. The Morgan fingerprint density at radius 3 is 2.51 bits per heavy atom. The Morgan fingerprint density at radius 1 is 1.20 bits per heavy atom. The van der Waals surface area contributed by atoms with Crippen LogP contribution in [0.25, 0.3) is 0 Å². The molecule has 0 aliphatic heterocycles. The van der Waals surface area contributed by atoms with Gasteiger partial charge in [0.1, 0.15) is 5.56 Å². The summed E-state index contributed by atoms with van der Waals surface area (Å²) < 4.78 is 79.9. The van der Waals surface area contributed by atoms with E-state index in [4.69, 9.17) is 9.52 Å². The summed E-state index contributed by atoms with van der Waals surface area (Å²) in [6, 6.07) is 8.32. The standard InChI is InChI=1S/C22H19F4N5O3S/c1-11-17(20(32)28-13-4-3-5-14(10-13)35(2,27)33)21(31-30-18(11)22(24,25)26)34-16-9-8-15(12-6-7-12)29-19(16)23/h3-5,8-10,12,27H,6-7H2,1-2H3,(H,28,32). The minimum Gasteiger partial charge on any atom is -0.432 e. The lowest BCUT2D eigenvalue weighted by atomic mass is 10.1. The van der Waals surface area contributed by atoms with Gasteiger partial charge in [0.2, 0.25) is 0 Å². The number of anilines is 1. The van der Waals surface area contributed by atoms with Gasteiger partial charge in [0, 0.05) is 28.5 Å². The molecular weight excluding hydrogens is 490 g/mol. The Kier molecular flexibility index (Phi) is 6.21. The lowest BCUT2D eigenvalue weighted by Gasteiger charge is -2.16. The van der Waals surface area contributed by atoms with Crippen molar-refractivity contribution in [1.82, 2.24) is 15.2 Å². The third-order valence-corrected chi connectivity index (χ3v) is 6.41. The Morgan fingerprint density at radius 2 is 1.91 bits per heavy atom. The van der Waals surface area contributed by atoms with E-state index in [2.05, 4.69) is 20.5 Å². The van der Waals surface area contributed by atoms with Crippen LogP contribution in [-0.4, -0.2) is 31.6 Å². The molecule has 1 saturated carbocycles. The average molecular weight is 509 g/mol. The number of aromatic nitrogens is 3. The quantitative estimate of drug-likeness (QED) is 0.344. The number of hydrogen-bond donors (Lipinski definition) is 2. The minimum absolute atomic E-state index is 0.0756. The summed E-state index contributed by atoms with van der Waals surface area (Å²) in [6.45, 7) is 1.02. The van der Waals surface area contributed by atoms with Gasteiger partial charge in [0.25, 0.3) is 17.7 Å². The molecule has 0 spiro atoms. The van der Waals surface area contributed by atoms with Gasteiger partial charge in [0.15, 0.2) is 11.4 Å². The summed E-state index contributed by atoms with van der Waals surface area (Å²) in [5.74, 6) is -2.97. The van der Waals surface area contributed by atoms with Crippen molar-refractivity contribution in [3.63, 3.8) is 0 Å². The predicted molar refractivity (Wildman–Crippen MR) is 117 cm³/mol. The molecule has 1 aliphatic rings. The van der Waals surface area contributed by atoms with Crippen molar-refractivity contribution in [3.8, 4) is 11.6 Å². The highest BCUT2D eigenvalue weighted by Gasteiger charge is 2.38. The maximum Gasteiger partial charge on any atom is 0.435 e. The second-order valence-corrected chi connectivity index (χ2v) is 10.2. The SMILES string of the molecule is Cc1c(C(F)(F)F)nnc(Oc2ccc(C3CC3)nc2F)c1C(=O)Nc1cccc(S(C)(=N)=O)c1. The highest BCUT2D eigenvalue weighted by atomic mass is 32.2. The highest BCUT2D eigenvalue weighted by molar-refractivity contribution is 7.91. The van der Waals surface area contributed by atoms with Gasteiger partial charge in [0.05, 0.1) is 9.73 Å². The normalized spacial score (nSPS) is 15.4. The van der Waals surface area contributed by atoms with Crippen LogP contribution in [0.2, 0.25) is 0 Å². The first-order valence-corrected chi connectivity index (χ1v) is 12.2. The molecule has 1 fully saturated rings. The van der Waals surface area contributed by atoms with Gasteiger partial charge in [-0.15, -0.1) is 10.2 Å². The molecule has 0 bridgehead atoms. The van der Waals surface area contributed by atoms with Crippen molar-refractivity contribution < 1.29 is 31.3 Å². The number of pyridine rings is 1. The fourth-order valence-corrected chi connectivity index (χ4v) is 4.03. The van der Waals surface area contributed by atoms with E-state index in [1.165, 1.54) is 42.7 Å². The zero-order chi connectivity index (χ0) is 25.5. The van der Waals surface area contributed by atoms with E-state index in [0.717, 1.165) is 19.8 Å². The number of ether oxygens (including phenoxy) is 1. The van der Waals surface area contributed by atoms with Gasteiger partial charge in [-0.05, 0) is 55.7 Å². The molecule has 2 aromatic heterocycles. The smallest absolute Gasteiger partial charge is 0.432 e. The molecule has 8 nitrogen and oxygen atoms in total. The average Bonchev–Trinajstić information content (AvgIpc) is 3.59.